The first-order chi connectivity index (χ1) is 12.3. The van der Waals surface area contributed by atoms with Crippen molar-refractivity contribution in [2.45, 2.75) is 19.8 Å². The normalized spacial score (nSPS) is 16.1. The summed E-state index contributed by atoms with van der Waals surface area (Å²) in [5, 5.41) is 3.68. The predicted molar refractivity (Wildman–Crippen MR) is 101 cm³/mol. The number of esters is 1. The standard InChI is InChI=1S/C17H16Cl2N4O3/c1-3-26-16(24)11-7(2)21-15-13(14(20)22-17(25)23-15)12(11)8-4-5-9(18)10(19)6-8/h4-6,12H,3H2,1-2H3,(H4,20,21,22,23,25). The van der Waals surface area contributed by atoms with Gasteiger partial charge in [0.15, 0.2) is 0 Å². The summed E-state index contributed by atoms with van der Waals surface area (Å²) >= 11 is 12.2. The number of nitrogens with one attached hydrogen (secondary N) is 2. The monoisotopic (exact) mass is 394 g/mol. The van der Waals surface area contributed by atoms with Crippen molar-refractivity contribution >= 4 is 40.8 Å². The zero-order valence-corrected chi connectivity index (χ0v) is 15.5. The number of nitrogen functional groups attached to an aromatic ring is 1. The van der Waals surface area contributed by atoms with Gasteiger partial charge in [-0.1, -0.05) is 29.3 Å². The number of nitrogens with two attached hydrogens (primary N) is 1. The van der Waals surface area contributed by atoms with E-state index in [0.29, 0.717) is 32.4 Å². The fraction of sp³-hybridized carbons (Fsp3) is 0.235. The average molecular weight is 395 g/mol. The second-order valence-electron chi connectivity index (χ2n) is 5.71. The smallest absolute Gasteiger partial charge is 0.348 e. The number of allylic oxidation sites excluding steroid dienone is 1. The maximum absolute atomic E-state index is 12.6. The lowest BCUT2D eigenvalue weighted by Gasteiger charge is -2.30. The van der Waals surface area contributed by atoms with Crippen molar-refractivity contribution < 1.29 is 9.53 Å². The molecular weight excluding hydrogens is 379 g/mol. The summed E-state index contributed by atoms with van der Waals surface area (Å²) in [5.74, 6) is -0.722. The van der Waals surface area contributed by atoms with E-state index >= 15 is 0 Å². The number of benzene rings is 1. The van der Waals surface area contributed by atoms with E-state index in [0.717, 1.165) is 0 Å². The average Bonchev–Trinajstić information content (AvgIpc) is 2.56. The lowest BCUT2D eigenvalue weighted by molar-refractivity contribution is -0.138. The minimum atomic E-state index is -0.621. The second kappa shape index (κ2) is 7.01. The van der Waals surface area contributed by atoms with Crippen molar-refractivity contribution in [3.05, 3.63) is 61.1 Å². The number of aromatic nitrogens is 2. The van der Waals surface area contributed by atoms with Crippen LogP contribution < -0.4 is 16.7 Å². The van der Waals surface area contributed by atoms with Gasteiger partial charge in [0.05, 0.1) is 28.1 Å². The molecule has 0 saturated heterocycles. The van der Waals surface area contributed by atoms with Gasteiger partial charge >= 0.3 is 11.7 Å². The molecule has 7 nitrogen and oxygen atoms in total. The molecule has 0 aliphatic carbocycles. The number of aromatic amines is 1. The molecule has 1 aromatic heterocycles. The lowest BCUT2D eigenvalue weighted by Crippen LogP contribution is -2.29. The third kappa shape index (κ3) is 3.15. The van der Waals surface area contributed by atoms with Gasteiger partial charge in [0.25, 0.3) is 0 Å². The molecule has 0 fully saturated rings. The molecule has 0 amide bonds. The highest BCUT2D eigenvalue weighted by molar-refractivity contribution is 6.42. The topological polar surface area (TPSA) is 110 Å². The van der Waals surface area contributed by atoms with Gasteiger partial charge in [-0.25, -0.2) is 9.59 Å². The molecule has 1 atom stereocenters. The molecular formula is C17H16Cl2N4O3. The number of H-pyrrole nitrogens is 1. The van der Waals surface area contributed by atoms with Gasteiger partial charge in [-0.3, -0.25) is 4.98 Å². The van der Waals surface area contributed by atoms with Gasteiger partial charge in [0, 0.05) is 11.3 Å². The van der Waals surface area contributed by atoms with Gasteiger partial charge in [0.2, 0.25) is 0 Å². The van der Waals surface area contributed by atoms with Crippen LogP contribution in [0.15, 0.2) is 34.3 Å². The Kier molecular flexibility index (Phi) is 4.93. The molecule has 4 N–H and O–H groups in total. The Morgan fingerprint density at radius 2 is 2.08 bits per heavy atom. The lowest BCUT2D eigenvalue weighted by atomic mass is 9.82. The molecule has 0 saturated carbocycles. The Bertz CT molecular complexity index is 984. The van der Waals surface area contributed by atoms with E-state index in [1.807, 2.05) is 0 Å². The highest BCUT2D eigenvalue weighted by Gasteiger charge is 2.36. The van der Waals surface area contributed by atoms with Crippen molar-refractivity contribution in [3.63, 3.8) is 0 Å². The SMILES string of the molecule is CCOC(=O)C1=C(C)Nc2nc(=O)[nH]c(N)c2C1c1ccc(Cl)c(Cl)c1. The number of nitrogens with zero attached hydrogens (tertiary/aromatic N) is 1. The number of hydrogen-bond donors (Lipinski definition) is 3. The van der Waals surface area contributed by atoms with Crippen LogP contribution in [0.2, 0.25) is 10.0 Å². The first-order valence-corrected chi connectivity index (χ1v) is 8.58. The molecule has 0 spiro atoms. The van der Waals surface area contributed by atoms with Crippen molar-refractivity contribution in [1.82, 2.24) is 9.97 Å². The third-order valence-electron chi connectivity index (χ3n) is 4.06. The second-order valence-corrected chi connectivity index (χ2v) is 6.52. The van der Waals surface area contributed by atoms with E-state index in [9.17, 15) is 9.59 Å². The molecule has 1 unspecified atom stereocenters. The molecule has 1 aromatic carbocycles. The van der Waals surface area contributed by atoms with Gasteiger partial charge in [-0.05, 0) is 31.5 Å². The molecule has 2 heterocycles. The molecule has 0 radical (unpaired) electrons. The van der Waals surface area contributed by atoms with E-state index in [4.69, 9.17) is 33.7 Å². The fourth-order valence-electron chi connectivity index (χ4n) is 3.00. The number of rotatable bonds is 3. The number of ether oxygens (including phenoxy) is 1. The summed E-state index contributed by atoms with van der Waals surface area (Å²) < 4.78 is 5.21. The van der Waals surface area contributed by atoms with Crippen LogP contribution in [0.4, 0.5) is 11.6 Å². The molecule has 0 bridgehead atoms. The summed E-state index contributed by atoms with van der Waals surface area (Å²) in [5.41, 5.74) is 7.48. The summed E-state index contributed by atoms with van der Waals surface area (Å²) in [7, 11) is 0. The number of carbonyl (C=O) groups is 1. The first kappa shape index (κ1) is 18.3. The largest absolute Gasteiger partial charge is 0.463 e. The maximum atomic E-state index is 12.6. The molecule has 1 aliphatic heterocycles. The Morgan fingerprint density at radius 3 is 2.73 bits per heavy atom. The third-order valence-corrected chi connectivity index (χ3v) is 4.80. The predicted octanol–water partition coefficient (Wildman–Crippen LogP) is 3.05. The van der Waals surface area contributed by atoms with Crippen molar-refractivity contribution in [2.24, 2.45) is 0 Å². The summed E-state index contributed by atoms with van der Waals surface area (Å²) in [6.07, 6.45) is 0. The number of carbonyl (C=O) groups excluding carboxylic acids is 1. The minimum Gasteiger partial charge on any atom is -0.463 e. The van der Waals surface area contributed by atoms with Crippen LogP contribution in [0.1, 0.15) is 30.9 Å². The van der Waals surface area contributed by atoms with Crippen LogP contribution in [0, 0.1) is 0 Å². The fourth-order valence-corrected chi connectivity index (χ4v) is 3.30. The van der Waals surface area contributed by atoms with Crippen molar-refractivity contribution in [1.29, 1.82) is 0 Å². The Balaban J connectivity index is 2.28. The quantitative estimate of drug-likeness (QED) is 0.689. The number of halogens is 2. The van der Waals surface area contributed by atoms with Gasteiger partial charge in [-0.2, -0.15) is 4.98 Å². The van der Waals surface area contributed by atoms with Crippen molar-refractivity contribution in [3.8, 4) is 0 Å². The van der Waals surface area contributed by atoms with Gasteiger partial charge < -0.3 is 15.8 Å². The van der Waals surface area contributed by atoms with Crippen molar-refractivity contribution in [2.75, 3.05) is 17.7 Å². The van der Waals surface area contributed by atoms with Gasteiger partial charge in [-0.15, -0.1) is 0 Å². The summed E-state index contributed by atoms with van der Waals surface area (Å²) in [4.78, 5) is 30.7. The van der Waals surface area contributed by atoms with Crippen LogP contribution in [0.3, 0.4) is 0 Å². The maximum Gasteiger partial charge on any atom is 0.348 e. The highest BCUT2D eigenvalue weighted by Crippen LogP contribution is 2.44. The van der Waals surface area contributed by atoms with Crippen LogP contribution in [0.5, 0.6) is 0 Å². The highest BCUT2D eigenvalue weighted by atomic mass is 35.5. The molecule has 9 heteroatoms. The zero-order chi connectivity index (χ0) is 19.0. The Hall–Kier alpha value is -2.51. The van der Waals surface area contributed by atoms with Crippen LogP contribution in [-0.4, -0.2) is 22.5 Å². The summed E-state index contributed by atoms with van der Waals surface area (Å²) in [6.45, 7) is 3.65. The van der Waals surface area contributed by atoms with Crippen LogP contribution in [0.25, 0.3) is 0 Å². The Labute approximate surface area is 159 Å². The zero-order valence-electron chi connectivity index (χ0n) is 14.0. The number of anilines is 2. The van der Waals surface area contributed by atoms with E-state index in [2.05, 4.69) is 15.3 Å². The minimum absolute atomic E-state index is 0.109. The number of hydrogen-bond acceptors (Lipinski definition) is 6. The molecule has 3 rings (SSSR count). The van der Waals surface area contributed by atoms with E-state index in [1.54, 1.807) is 32.0 Å². The van der Waals surface area contributed by atoms with Gasteiger partial charge in [0.1, 0.15) is 11.6 Å². The van der Waals surface area contributed by atoms with E-state index < -0.39 is 17.6 Å². The molecule has 26 heavy (non-hydrogen) atoms. The summed E-state index contributed by atoms with van der Waals surface area (Å²) in [6, 6.07) is 5.03. The molecule has 136 valence electrons. The van der Waals surface area contributed by atoms with Crippen LogP contribution >= 0.6 is 23.2 Å². The number of fused-ring (bicyclic) bond motifs is 1. The molecule has 1 aliphatic rings. The first-order valence-electron chi connectivity index (χ1n) is 7.83. The molecule has 2 aromatic rings. The van der Waals surface area contributed by atoms with E-state index in [1.165, 1.54) is 0 Å². The van der Waals surface area contributed by atoms with Crippen LogP contribution in [-0.2, 0) is 9.53 Å². The van der Waals surface area contributed by atoms with E-state index in [-0.39, 0.29) is 18.2 Å². The Morgan fingerprint density at radius 1 is 1.35 bits per heavy atom.